The van der Waals surface area contributed by atoms with Crippen LogP contribution >= 0.6 is 0 Å². The van der Waals surface area contributed by atoms with E-state index in [1.54, 1.807) is 7.11 Å². The van der Waals surface area contributed by atoms with Gasteiger partial charge in [-0.25, -0.2) is 9.59 Å². The Morgan fingerprint density at radius 1 is 1.04 bits per heavy atom. The average Bonchev–Trinajstić information content (AvgIpc) is 2.64. The quantitative estimate of drug-likeness (QED) is 0.565. The van der Waals surface area contributed by atoms with Crippen LogP contribution in [0.15, 0.2) is 24.3 Å². The number of methoxy groups -OCH3 is 1. The Hall–Kier alpha value is -2.28. The predicted octanol–water partition coefficient (Wildman–Crippen LogP) is 2.74. The Kier molecular flexibility index (Phi) is 10.2. The van der Waals surface area contributed by atoms with Gasteiger partial charge in [-0.15, -0.1) is 0 Å². The van der Waals surface area contributed by atoms with Gasteiger partial charge in [0.05, 0.1) is 13.7 Å². The molecule has 146 valence electrons. The summed E-state index contributed by atoms with van der Waals surface area (Å²) in [6.07, 6.45) is 5.08. The maximum absolute atomic E-state index is 9.10. The van der Waals surface area contributed by atoms with E-state index in [9.17, 15) is 0 Å². The van der Waals surface area contributed by atoms with Crippen LogP contribution in [0.1, 0.15) is 32.6 Å². The lowest BCUT2D eigenvalue weighted by atomic mass is 9.99. The van der Waals surface area contributed by atoms with Crippen molar-refractivity contribution < 1.29 is 29.3 Å². The van der Waals surface area contributed by atoms with Gasteiger partial charge in [-0.2, -0.15) is 0 Å². The summed E-state index contributed by atoms with van der Waals surface area (Å²) in [5.74, 6) is -0.927. The molecule has 1 fully saturated rings. The van der Waals surface area contributed by atoms with Crippen molar-refractivity contribution in [3.63, 3.8) is 0 Å². The van der Waals surface area contributed by atoms with Crippen molar-refractivity contribution in [2.75, 3.05) is 33.4 Å². The third-order valence-corrected chi connectivity index (χ3v) is 4.26. The molecule has 0 bridgehead atoms. The first kappa shape index (κ1) is 21.8. The molecule has 0 atom stereocenters. The Labute approximate surface area is 154 Å². The molecule has 2 rings (SSSR count). The molecule has 0 aromatic heterocycles. The van der Waals surface area contributed by atoms with E-state index >= 15 is 0 Å². The zero-order valence-electron chi connectivity index (χ0n) is 15.5. The summed E-state index contributed by atoms with van der Waals surface area (Å²) in [6.45, 7) is 6.94. The van der Waals surface area contributed by atoms with Crippen molar-refractivity contribution in [3.8, 4) is 11.5 Å². The van der Waals surface area contributed by atoms with E-state index in [1.807, 2.05) is 24.3 Å². The van der Waals surface area contributed by atoms with Crippen LogP contribution < -0.4 is 9.47 Å². The zero-order chi connectivity index (χ0) is 19.4. The van der Waals surface area contributed by atoms with E-state index < -0.39 is 11.9 Å². The largest absolute Gasteiger partial charge is 0.497 e. The van der Waals surface area contributed by atoms with Crippen molar-refractivity contribution in [3.05, 3.63) is 24.3 Å². The summed E-state index contributed by atoms with van der Waals surface area (Å²) in [6, 6.07) is 7.80. The molecule has 26 heavy (non-hydrogen) atoms. The van der Waals surface area contributed by atoms with Gasteiger partial charge in [0.15, 0.2) is 0 Å². The summed E-state index contributed by atoms with van der Waals surface area (Å²) < 4.78 is 10.9. The third kappa shape index (κ3) is 9.27. The number of rotatable bonds is 7. The fourth-order valence-electron chi connectivity index (χ4n) is 2.59. The smallest absolute Gasteiger partial charge is 0.414 e. The first-order valence-electron chi connectivity index (χ1n) is 8.87. The number of benzene rings is 1. The van der Waals surface area contributed by atoms with Gasteiger partial charge in [0.2, 0.25) is 0 Å². The van der Waals surface area contributed by atoms with Crippen LogP contribution in [0.5, 0.6) is 11.5 Å². The van der Waals surface area contributed by atoms with Crippen LogP contribution in [0.3, 0.4) is 0 Å². The Bertz CT molecular complexity index is 525. The highest BCUT2D eigenvalue weighted by Gasteiger charge is 2.14. The number of aliphatic carboxylic acids is 2. The number of piperidine rings is 1. The van der Waals surface area contributed by atoms with E-state index in [0.717, 1.165) is 30.4 Å². The minimum absolute atomic E-state index is 0.802. The molecular formula is C19H29NO6. The molecule has 1 aliphatic heterocycles. The molecule has 1 aromatic rings. The van der Waals surface area contributed by atoms with Gasteiger partial charge >= 0.3 is 11.9 Å². The summed E-state index contributed by atoms with van der Waals surface area (Å²) in [5.41, 5.74) is 0. The lowest BCUT2D eigenvalue weighted by Crippen LogP contribution is -2.33. The topological polar surface area (TPSA) is 96.3 Å². The Morgan fingerprint density at radius 2 is 1.58 bits per heavy atom. The van der Waals surface area contributed by atoms with Crippen LogP contribution in [0.25, 0.3) is 0 Å². The standard InChI is InChI=1S/C17H27NO2.C2H2O4/c1-15-9-12-18(13-10-15)11-3-4-14-20-17-7-5-16(19-2)6-8-17;3-1(4)2(5)6/h5-8,15H,3-4,9-14H2,1-2H3;(H,3,4)(H,5,6). The SMILES string of the molecule is COc1ccc(OCCCCN2CCC(C)CC2)cc1.O=C(O)C(=O)O. The van der Waals surface area contributed by atoms with Crippen LogP contribution in [-0.4, -0.2) is 60.4 Å². The molecule has 7 nitrogen and oxygen atoms in total. The van der Waals surface area contributed by atoms with Crippen molar-refractivity contribution in [2.45, 2.75) is 32.6 Å². The second-order valence-corrected chi connectivity index (χ2v) is 6.37. The Morgan fingerprint density at radius 3 is 2.08 bits per heavy atom. The normalized spacial score (nSPS) is 14.8. The number of unbranched alkanes of at least 4 members (excludes halogenated alkanes) is 1. The number of hydrogen-bond donors (Lipinski definition) is 2. The first-order chi connectivity index (χ1) is 12.4. The molecule has 1 saturated heterocycles. The van der Waals surface area contributed by atoms with Crippen LogP contribution in [0.2, 0.25) is 0 Å². The molecule has 2 N–H and O–H groups in total. The zero-order valence-corrected chi connectivity index (χ0v) is 15.5. The van der Waals surface area contributed by atoms with Gasteiger partial charge in [0.1, 0.15) is 11.5 Å². The monoisotopic (exact) mass is 367 g/mol. The minimum atomic E-state index is -1.82. The maximum atomic E-state index is 9.10. The first-order valence-corrected chi connectivity index (χ1v) is 8.87. The number of carbonyl (C=O) groups is 2. The van der Waals surface area contributed by atoms with Crippen molar-refractivity contribution in [2.24, 2.45) is 5.92 Å². The number of carboxylic acid groups (broad SMARTS) is 2. The fourth-order valence-corrected chi connectivity index (χ4v) is 2.59. The van der Waals surface area contributed by atoms with E-state index in [4.69, 9.17) is 29.3 Å². The minimum Gasteiger partial charge on any atom is -0.497 e. The molecule has 0 amide bonds. The highest BCUT2D eigenvalue weighted by molar-refractivity contribution is 6.27. The lowest BCUT2D eigenvalue weighted by molar-refractivity contribution is -0.159. The highest BCUT2D eigenvalue weighted by Crippen LogP contribution is 2.18. The lowest BCUT2D eigenvalue weighted by Gasteiger charge is -2.30. The van der Waals surface area contributed by atoms with Crippen LogP contribution in [0, 0.1) is 5.92 Å². The van der Waals surface area contributed by atoms with Gasteiger partial charge in [-0.3, -0.25) is 0 Å². The van der Waals surface area contributed by atoms with E-state index in [0.29, 0.717) is 0 Å². The van der Waals surface area contributed by atoms with Crippen molar-refractivity contribution in [1.29, 1.82) is 0 Å². The predicted molar refractivity (Wildman–Crippen MR) is 97.8 cm³/mol. The maximum Gasteiger partial charge on any atom is 0.414 e. The summed E-state index contributed by atoms with van der Waals surface area (Å²) in [4.78, 5) is 20.8. The highest BCUT2D eigenvalue weighted by atomic mass is 16.5. The van der Waals surface area contributed by atoms with Crippen LogP contribution in [-0.2, 0) is 9.59 Å². The van der Waals surface area contributed by atoms with Gasteiger partial charge < -0.3 is 24.6 Å². The molecule has 1 aromatic carbocycles. The van der Waals surface area contributed by atoms with Crippen molar-refractivity contribution >= 4 is 11.9 Å². The number of nitrogens with zero attached hydrogens (tertiary/aromatic N) is 1. The van der Waals surface area contributed by atoms with E-state index in [1.165, 1.54) is 38.9 Å². The van der Waals surface area contributed by atoms with Gasteiger partial charge in [-0.05, 0) is 75.5 Å². The fraction of sp³-hybridized carbons (Fsp3) is 0.579. The second kappa shape index (κ2) is 12.1. The molecule has 1 aliphatic rings. The van der Waals surface area contributed by atoms with E-state index in [2.05, 4.69) is 11.8 Å². The molecule has 1 heterocycles. The number of carboxylic acids is 2. The van der Waals surface area contributed by atoms with Gasteiger partial charge in [0.25, 0.3) is 0 Å². The second-order valence-electron chi connectivity index (χ2n) is 6.37. The number of likely N-dealkylation sites (tertiary alicyclic amines) is 1. The Balaban J connectivity index is 0.000000487. The third-order valence-electron chi connectivity index (χ3n) is 4.26. The van der Waals surface area contributed by atoms with Crippen LogP contribution in [0.4, 0.5) is 0 Å². The van der Waals surface area contributed by atoms with Gasteiger partial charge in [-0.1, -0.05) is 6.92 Å². The van der Waals surface area contributed by atoms with E-state index in [-0.39, 0.29) is 0 Å². The van der Waals surface area contributed by atoms with Crippen molar-refractivity contribution in [1.82, 2.24) is 4.90 Å². The molecule has 0 saturated carbocycles. The summed E-state index contributed by atoms with van der Waals surface area (Å²) in [7, 11) is 1.68. The molecule has 0 radical (unpaired) electrons. The average molecular weight is 367 g/mol. The number of hydrogen-bond acceptors (Lipinski definition) is 5. The summed E-state index contributed by atoms with van der Waals surface area (Å²) >= 11 is 0. The molecular weight excluding hydrogens is 338 g/mol. The molecule has 0 aliphatic carbocycles. The number of ether oxygens (including phenoxy) is 2. The molecule has 0 spiro atoms. The van der Waals surface area contributed by atoms with Gasteiger partial charge in [0, 0.05) is 0 Å². The molecule has 0 unspecified atom stereocenters. The molecule has 7 heteroatoms. The summed E-state index contributed by atoms with van der Waals surface area (Å²) in [5, 5.41) is 14.8.